The molecule has 0 spiro atoms. The van der Waals surface area contributed by atoms with E-state index < -0.39 is 275 Å². The molecule has 0 saturated carbocycles. The van der Waals surface area contributed by atoms with Gasteiger partial charge in [-0.25, -0.2) is 0 Å². The molecule has 57 heavy (non-hydrogen) atoms. The van der Waals surface area contributed by atoms with Crippen LogP contribution in [0.25, 0.3) is 105 Å². The van der Waals surface area contributed by atoms with Crippen molar-refractivity contribution in [2.75, 3.05) is 0 Å². The summed E-state index contributed by atoms with van der Waals surface area (Å²) in [5.41, 5.74) is -6.69. The first kappa shape index (κ1) is 13.8. The molecule has 3 aromatic heterocycles. The molecule has 0 bridgehead atoms. The smallest absolute Gasteiger partial charge is 0.0782 e. The van der Waals surface area contributed by atoms with E-state index in [1.807, 2.05) is 0 Å². The molecular formula is C54H35N3. The Balaban J connectivity index is 1.27. The van der Waals surface area contributed by atoms with Gasteiger partial charge in [-0.3, -0.25) is 0 Å². The Morgan fingerprint density at radius 3 is 1.35 bits per heavy atom. The quantitative estimate of drug-likeness (QED) is 0.166. The third-order valence-corrected chi connectivity index (χ3v) is 9.61. The van der Waals surface area contributed by atoms with Gasteiger partial charge < -0.3 is 13.7 Å². The standard InChI is InChI=1S/C54H35N3/c1-2-13-36(14-3-1)37-25-27-38(28-26-37)39-29-31-40(32-30-39)56-50-22-10-7-18-45(50)47-19-12-24-52(54(47)56)57-51-23-11-6-17-44(51)46-34-33-41(35-53(46)57)55-48-20-8-4-15-42(48)43-16-5-9-21-49(43)55/h1-35H/i1D,2D,3D,4D,5D,6D,7D,8D,9D,10D,11D,12D,13D,14D,15D,16D,17D,18D,19D,20D,21D,22D,23D,24D,25D,26D,27D,28D,33D,34D,35D. The van der Waals surface area contributed by atoms with E-state index in [1.165, 1.54) is 24.3 Å². The average molecular weight is 757 g/mol. The summed E-state index contributed by atoms with van der Waals surface area (Å²) in [5.74, 6) is 0. The van der Waals surface area contributed by atoms with Crippen molar-refractivity contribution >= 4 is 65.4 Å². The summed E-state index contributed by atoms with van der Waals surface area (Å²) in [6, 6.07) is -21.2. The van der Waals surface area contributed by atoms with Crippen molar-refractivity contribution in [2.24, 2.45) is 0 Å². The second kappa shape index (κ2) is 12.5. The molecule has 12 rings (SSSR count). The van der Waals surface area contributed by atoms with Gasteiger partial charge in [0, 0.05) is 43.7 Å². The third-order valence-electron chi connectivity index (χ3n) is 9.61. The zero-order valence-corrected chi connectivity index (χ0v) is 28.7. The topological polar surface area (TPSA) is 14.8 Å². The minimum absolute atomic E-state index is 0.0502. The fourth-order valence-corrected chi connectivity index (χ4v) is 7.19. The molecule has 0 fully saturated rings. The lowest BCUT2D eigenvalue weighted by Crippen LogP contribution is -2.01. The lowest BCUT2D eigenvalue weighted by Gasteiger charge is -2.15. The summed E-state index contributed by atoms with van der Waals surface area (Å²) in [7, 11) is 0. The van der Waals surface area contributed by atoms with E-state index in [0.29, 0.717) is 0 Å². The van der Waals surface area contributed by atoms with Crippen LogP contribution in [0.2, 0.25) is 0 Å². The zero-order valence-electron chi connectivity index (χ0n) is 59.7. The zero-order chi connectivity index (χ0) is 64.4. The van der Waals surface area contributed by atoms with Gasteiger partial charge in [-0.15, -0.1) is 0 Å². The molecular weight excluding hydrogens is 691 g/mol. The van der Waals surface area contributed by atoms with Gasteiger partial charge in [0.1, 0.15) is 0 Å². The summed E-state index contributed by atoms with van der Waals surface area (Å²) in [6.07, 6.45) is 0. The van der Waals surface area contributed by atoms with E-state index in [0.717, 1.165) is 13.7 Å². The second-order valence-electron chi connectivity index (χ2n) is 12.6. The molecule has 0 amide bonds. The Bertz CT molecular complexity index is 5190. The first-order valence-electron chi connectivity index (χ1n) is 32.6. The van der Waals surface area contributed by atoms with Crippen LogP contribution >= 0.6 is 0 Å². The summed E-state index contributed by atoms with van der Waals surface area (Å²) in [5, 5.41) is -3.05. The van der Waals surface area contributed by atoms with E-state index in [2.05, 4.69) is 0 Å². The highest BCUT2D eigenvalue weighted by Gasteiger charge is 2.21. The molecule has 266 valence electrons. The summed E-state index contributed by atoms with van der Waals surface area (Å²) in [4.78, 5) is 0. The fraction of sp³-hybridized carbons (Fsp3) is 0. The average Bonchev–Trinajstić information content (AvgIpc) is 1.57. The van der Waals surface area contributed by atoms with Crippen LogP contribution < -0.4 is 0 Å². The Kier molecular flexibility index (Phi) is 3.02. The van der Waals surface area contributed by atoms with Crippen molar-refractivity contribution in [1.82, 2.24) is 13.7 Å². The SMILES string of the molecule is [2H]c1c([2H])c([2H])c(-c2c([2H])c([2H])c(-c3ccc(-n4c5c([2H])c([2H])c([2H])c([2H])c5c5c([2H])c([2H])c([2H])c(-n6c7c([2H])c([2H])c([2H])c([2H])c7c7c([2H])c([2H])c(-n8c9c([2H])c([2H])c([2H])c([2H])c9c9c([2H])c([2H])c([2H])c([2H])c98)c([2H])c76)c54)cc3)c([2H])c2[2H])c([2H])c1[2H]. The number of aromatic nitrogens is 3. The summed E-state index contributed by atoms with van der Waals surface area (Å²) < 4.78 is 283. The first-order chi connectivity index (χ1) is 41.2. The van der Waals surface area contributed by atoms with Gasteiger partial charge in [0.15, 0.2) is 0 Å². The summed E-state index contributed by atoms with van der Waals surface area (Å²) in [6.45, 7) is 0. The van der Waals surface area contributed by atoms with Crippen LogP contribution in [-0.2, 0) is 0 Å². The van der Waals surface area contributed by atoms with Crippen molar-refractivity contribution in [3.8, 4) is 39.3 Å². The largest absolute Gasteiger partial charge is 0.309 e. The summed E-state index contributed by atoms with van der Waals surface area (Å²) >= 11 is 0. The molecule has 3 heterocycles. The van der Waals surface area contributed by atoms with Crippen LogP contribution in [-0.4, -0.2) is 13.7 Å². The molecule has 12 aromatic rings. The maximum absolute atomic E-state index is 10.3. The van der Waals surface area contributed by atoms with Gasteiger partial charge >= 0.3 is 0 Å². The van der Waals surface area contributed by atoms with Crippen LogP contribution in [0.4, 0.5) is 0 Å². The number of benzene rings is 9. The molecule has 9 aromatic carbocycles. The van der Waals surface area contributed by atoms with Crippen LogP contribution in [0.15, 0.2) is 212 Å². The van der Waals surface area contributed by atoms with E-state index in [9.17, 15) is 16.4 Å². The first-order valence-corrected chi connectivity index (χ1v) is 17.1. The molecule has 0 N–H and O–H groups in total. The van der Waals surface area contributed by atoms with Gasteiger partial charge in [0.25, 0.3) is 0 Å². The predicted molar refractivity (Wildman–Crippen MR) is 240 cm³/mol. The molecule has 0 aliphatic carbocycles. The van der Waals surface area contributed by atoms with Crippen molar-refractivity contribution in [3.63, 3.8) is 0 Å². The van der Waals surface area contributed by atoms with Gasteiger partial charge in [0.05, 0.1) is 81.3 Å². The number of fused-ring (bicyclic) bond motifs is 9. The molecule has 0 saturated heterocycles. The van der Waals surface area contributed by atoms with E-state index in [-0.39, 0.29) is 16.8 Å². The van der Waals surface area contributed by atoms with Gasteiger partial charge in [-0.2, -0.15) is 0 Å². The number of rotatable bonds is 5. The maximum Gasteiger partial charge on any atom is 0.0782 e. The van der Waals surface area contributed by atoms with E-state index in [1.54, 1.807) is 0 Å². The lowest BCUT2D eigenvalue weighted by atomic mass is 10.0. The highest BCUT2D eigenvalue weighted by molar-refractivity contribution is 6.16. The van der Waals surface area contributed by atoms with Gasteiger partial charge in [-0.05, 0) is 76.7 Å². The third kappa shape index (κ3) is 4.79. The number of hydrogen-bond acceptors (Lipinski definition) is 0. The van der Waals surface area contributed by atoms with Crippen LogP contribution in [0.1, 0.15) is 42.5 Å². The molecule has 3 heteroatoms. The van der Waals surface area contributed by atoms with Crippen molar-refractivity contribution in [2.45, 2.75) is 0 Å². The van der Waals surface area contributed by atoms with Crippen LogP contribution in [0.5, 0.6) is 0 Å². The van der Waals surface area contributed by atoms with E-state index >= 15 is 0 Å². The Labute approximate surface area is 373 Å². The molecule has 0 aliphatic heterocycles. The lowest BCUT2D eigenvalue weighted by molar-refractivity contribution is 1.12. The molecule has 0 atom stereocenters. The number of hydrogen-bond donors (Lipinski definition) is 0. The van der Waals surface area contributed by atoms with Crippen molar-refractivity contribution in [3.05, 3.63) is 212 Å². The minimum Gasteiger partial charge on any atom is -0.309 e. The van der Waals surface area contributed by atoms with Crippen LogP contribution in [0.3, 0.4) is 0 Å². The highest BCUT2D eigenvalue weighted by Crippen LogP contribution is 2.41. The highest BCUT2D eigenvalue weighted by atomic mass is 15.1. The van der Waals surface area contributed by atoms with Crippen molar-refractivity contribution in [1.29, 1.82) is 0 Å². The second-order valence-corrected chi connectivity index (χ2v) is 12.6. The Hall–Kier alpha value is -7.62. The molecule has 0 aliphatic rings. The number of para-hydroxylation sites is 5. The van der Waals surface area contributed by atoms with Crippen LogP contribution in [0, 0.1) is 0 Å². The predicted octanol–water partition coefficient (Wildman–Crippen LogP) is 14.3. The van der Waals surface area contributed by atoms with Crippen molar-refractivity contribution < 1.29 is 42.5 Å². The van der Waals surface area contributed by atoms with Gasteiger partial charge in [-0.1, -0.05) is 157 Å². The number of nitrogens with zero attached hydrogens (tertiary/aromatic N) is 3. The minimum atomic E-state index is -0.982. The van der Waals surface area contributed by atoms with E-state index in [4.69, 9.17) is 26.0 Å². The monoisotopic (exact) mass is 756 g/mol. The Morgan fingerprint density at radius 1 is 0.281 bits per heavy atom. The molecule has 3 nitrogen and oxygen atoms in total. The molecule has 0 radical (unpaired) electrons. The normalized spacial score (nSPS) is 19.5. The molecule has 0 unspecified atom stereocenters. The fourth-order valence-electron chi connectivity index (χ4n) is 7.19. The van der Waals surface area contributed by atoms with Gasteiger partial charge in [0.2, 0.25) is 0 Å². The Morgan fingerprint density at radius 2 is 0.737 bits per heavy atom. The maximum atomic E-state index is 10.3.